The van der Waals surface area contributed by atoms with Gasteiger partial charge in [0.1, 0.15) is 6.10 Å². The van der Waals surface area contributed by atoms with Crippen LogP contribution >= 0.6 is 0 Å². The van der Waals surface area contributed by atoms with Crippen molar-refractivity contribution in [1.29, 1.82) is 0 Å². The lowest BCUT2D eigenvalue weighted by Gasteiger charge is -2.44. The molecule has 1 saturated heterocycles. The maximum atomic E-state index is 13.0. The monoisotopic (exact) mass is 404 g/mol. The SMILES string of the molecule is COc1cc(C(=O)O[C@@H]2C[C@]3(C)O[C@@H]3C[C@]3(C)CC[C@@](O)(C(C)C)[C@@H]23)ccc1O. The van der Waals surface area contributed by atoms with E-state index in [4.69, 9.17) is 14.2 Å². The highest BCUT2D eigenvalue weighted by Crippen LogP contribution is 2.63. The van der Waals surface area contributed by atoms with Gasteiger partial charge in [0.15, 0.2) is 11.5 Å². The molecule has 0 amide bonds. The summed E-state index contributed by atoms with van der Waals surface area (Å²) in [6, 6.07) is 4.43. The fourth-order valence-corrected chi connectivity index (χ4v) is 5.84. The lowest BCUT2D eigenvalue weighted by molar-refractivity contribution is -0.120. The van der Waals surface area contributed by atoms with Crippen LogP contribution in [0.1, 0.15) is 63.7 Å². The third-order valence-electron chi connectivity index (χ3n) is 7.72. The number of aliphatic hydroxyl groups is 1. The number of epoxide rings is 1. The van der Waals surface area contributed by atoms with Crippen molar-refractivity contribution in [3.8, 4) is 11.5 Å². The molecule has 1 aromatic carbocycles. The highest BCUT2D eigenvalue weighted by molar-refractivity contribution is 5.90. The van der Waals surface area contributed by atoms with Gasteiger partial charge in [-0.25, -0.2) is 4.79 Å². The molecule has 0 aromatic heterocycles. The van der Waals surface area contributed by atoms with Crippen LogP contribution in [-0.4, -0.2) is 46.7 Å². The van der Waals surface area contributed by atoms with E-state index in [-0.39, 0.29) is 40.5 Å². The first-order chi connectivity index (χ1) is 13.5. The maximum Gasteiger partial charge on any atom is 0.338 e. The second-order valence-electron chi connectivity index (χ2n) is 9.94. The zero-order valence-corrected chi connectivity index (χ0v) is 17.9. The van der Waals surface area contributed by atoms with Crippen LogP contribution in [0.3, 0.4) is 0 Å². The molecular weight excluding hydrogens is 372 g/mol. The summed E-state index contributed by atoms with van der Waals surface area (Å²) in [5.74, 6) is -0.366. The van der Waals surface area contributed by atoms with E-state index in [9.17, 15) is 15.0 Å². The van der Waals surface area contributed by atoms with Crippen molar-refractivity contribution in [3.05, 3.63) is 23.8 Å². The van der Waals surface area contributed by atoms with Gasteiger partial charge in [-0.3, -0.25) is 0 Å². The molecule has 0 bridgehead atoms. The number of esters is 1. The molecule has 6 atom stereocenters. The highest BCUT2D eigenvalue weighted by Gasteiger charge is 2.68. The summed E-state index contributed by atoms with van der Waals surface area (Å²) in [7, 11) is 1.44. The first kappa shape index (κ1) is 20.5. The fourth-order valence-electron chi connectivity index (χ4n) is 5.84. The summed E-state index contributed by atoms with van der Waals surface area (Å²) < 4.78 is 17.2. The molecule has 3 aliphatic rings. The number of aromatic hydroxyl groups is 1. The van der Waals surface area contributed by atoms with Gasteiger partial charge in [0.2, 0.25) is 0 Å². The van der Waals surface area contributed by atoms with Crippen LogP contribution in [0.2, 0.25) is 0 Å². The summed E-state index contributed by atoms with van der Waals surface area (Å²) in [6.45, 7) is 8.36. The molecule has 2 saturated carbocycles. The Morgan fingerprint density at radius 1 is 1.24 bits per heavy atom. The molecule has 2 N–H and O–H groups in total. The maximum absolute atomic E-state index is 13.0. The van der Waals surface area contributed by atoms with Gasteiger partial charge < -0.3 is 24.4 Å². The standard InChI is InChI=1S/C23H32O6/c1-13(2)23(26)9-8-21(3)12-18-22(4,29-18)11-17(19(21)23)28-20(25)14-6-7-15(24)16(10-14)27-5/h6-7,10,13,17-19,24,26H,8-9,11-12H2,1-5H3/t17-,18-,19+,21+,22+,23-/m1/s1. The van der Waals surface area contributed by atoms with Crippen LogP contribution in [0.4, 0.5) is 0 Å². The third kappa shape index (κ3) is 3.21. The predicted molar refractivity (Wildman–Crippen MR) is 107 cm³/mol. The van der Waals surface area contributed by atoms with Crippen molar-refractivity contribution in [3.63, 3.8) is 0 Å². The number of hydrogen-bond donors (Lipinski definition) is 2. The minimum Gasteiger partial charge on any atom is -0.504 e. The fraction of sp³-hybridized carbons (Fsp3) is 0.696. The number of hydrogen-bond acceptors (Lipinski definition) is 6. The molecule has 3 fully saturated rings. The number of phenols is 1. The van der Waals surface area contributed by atoms with Gasteiger partial charge in [-0.1, -0.05) is 20.8 Å². The Labute approximate surface area is 172 Å². The van der Waals surface area contributed by atoms with Crippen LogP contribution < -0.4 is 4.74 Å². The second kappa shape index (κ2) is 6.61. The second-order valence-corrected chi connectivity index (χ2v) is 9.94. The van der Waals surface area contributed by atoms with Crippen LogP contribution in [0.25, 0.3) is 0 Å². The molecule has 4 rings (SSSR count). The Balaban J connectivity index is 1.67. The van der Waals surface area contributed by atoms with E-state index in [2.05, 4.69) is 13.8 Å². The Kier molecular flexibility index (Phi) is 4.67. The van der Waals surface area contributed by atoms with Crippen molar-refractivity contribution in [1.82, 2.24) is 0 Å². The molecule has 1 heterocycles. The van der Waals surface area contributed by atoms with Crippen molar-refractivity contribution in [2.75, 3.05) is 7.11 Å². The number of methoxy groups -OCH3 is 1. The average molecular weight is 405 g/mol. The van der Waals surface area contributed by atoms with E-state index in [1.165, 1.54) is 25.3 Å². The molecule has 1 aliphatic heterocycles. The smallest absolute Gasteiger partial charge is 0.338 e. The summed E-state index contributed by atoms with van der Waals surface area (Å²) in [5.41, 5.74) is -1.01. The zero-order chi connectivity index (χ0) is 21.2. The number of phenolic OH excluding ortho intramolecular Hbond substituents is 1. The van der Waals surface area contributed by atoms with E-state index in [1.807, 2.05) is 13.8 Å². The molecule has 6 heteroatoms. The van der Waals surface area contributed by atoms with Gasteiger partial charge in [-0.2, -0.15) is 0 Å². The Bertz CT molecular complexity index is 822. The summed E-state index contributed by atoms with van der Waals surface area (Å²) in [4.78, 5) is 13.0. The number of carbonyl (C=O) groups is 1. The van der Waals surface area contributed by atoms with E-state index >= 15 is 0 Å². The molecule has 6 nitrogen and oxygen atoms in total. The van der Waals surface area contributed by atoms with Gasteiger partial charge in [0, 0.05) is 12.3 Å². The summed E-state index contributed by atoms with van der Waals surface area (Å²) >= 11 is 0. The summed E-state index contributed by atoms with van der Waals surface area (Å²) in [6.07, 6.45) is 2.76. The minimum absolute atomic E-state index is 0.0298. The van der Waals surface area contributed by atoms with Gasteiger partial charge in [-0.05, 0) is 55.7 Å². The average Bonchev–Trinajstić information content (AvgIpc) is 3.19. The number of ether oxygens (including phenoxy) is 3. The Morgan fingerprint density at radius 2 is 1.97 bits per heavy atom. The van der Waals surface area contributed by atoms with Crippen molar-refractivity contribution in [2.24, 2.45) is 17.3 Å². The van der Waals surface area contributed by atoms with Crippen LogP contribution in [0.15, 0.2) is 18.2 Å². The number of rotatable bonds is 4. The minimum atomic E-state index is -0.876. The molecule has 29 heavy (non-hydrogen) atoms. The van der Waals surface area contributed by atoms with Crippen molar-refractivity contribution in [2.45, 2.75) is 76.8 Å². The van der Waals surface area contributed by atoms with Crippen LogP contribution in [0, 0.1) is 17.3 Å². The quantitative estimate of drug-likeness (QED) is 0.588. The van der Waals surface area contributed by atoms with Gasteiger partial charge in [0.05, 0.1) is 30.0 Å². The Hall–Kier alpha value is -1.79. The summed E-state index contributed by atoms with van der Waals surface area (Å²) in [5, 5.41) is 21.4. The van der Waals surface area contributed by atoms with Gasteiger partial charge in [-0.15, -0.1) is 0 Å². The third-order valence-corrected chi connectivity index (χ3v) is 7.72. The molecular formula is C23H32O6. The topological polar surface area (TPSA) is 88.5 Å². The van der Waals surface area contributed by atoms with E-state index in [0.29, 0.717) is 18.4 Å². The molecule has 0 spiro atoms. The van der Waals surface area contributed by atoms with Crippen LogP contribution in [-0.2, 0) is 9.47 Å². The van der Waals surface area contributed by atoms with Crippen molar-refractivity contribution < 1.29 is 29.2 Å². The number of benzene rings is 1. The first-order valence-corrected chi connectivity index (χ1v) is 10.5. The Morgan fingerprint density at radius 3 is 2.62 bits per heavy atom. The van der Waals surface area contributed by atoms with E-state index in [0.717, 1.165) is 12.8 Å². The predicted octanol–water partition coefficient (Wildman–Crippen LogP) is 3.68. The highest BCUT2D eigenvalue weighted by atomic mass is 16.6. The van der Waals surface area contributed by atoms with E-state index < -0.39 is 17.7 Å². The van der Waals surface area contributed by atoms with Crippen LogP contribution in [0.5, 0.6) is 11.5 Å². The number of fused-ring (bicyclic) bond motifs is 2. The zero-order valence-electron chi connectivity index (χ0n) is 17.9. The largest absolute Gasteiger partial charge is 0.504 e. The van der Waals surface area contributed by atoms with Gasteiger partial charge >= 0.3 is 5.97 Å². The molecule has 2 aliphatic carbocycles. The molecule has 0 radical (unpaired) electrons. The normalized spacial score (nSPS) is 40.7. The first-order valence-electron chi connectivity index (χ1n) is 10.5. The number of carbonyl (C=O) groups excluding carboxylic acids is 1. The lowest BCUT2D eigenvalue weighted by atomic mass is 9.67. The van der Waals surface area contributed by atoms with Crippen molar-refractivity contribution >= 4 is 5.97 Å². The molecule has 160 valence electrons. The van der Waals surface area contributed by atoms with E-state index in [1.54, 1.807) is 0 Å². The molecule has 1 aromatic rings. The lowest BCUT2D eigenvalue weighted by Crippen LogP contribution is -2.50. The molecule has 0 unspecified atom stereocenters. The van der Waals surface area contributed by atoms with Gasteiger partial charge in [0.25, 0.3) is 0 Å².